The van der Waals surface area contributed by atoms with E-state index in [1.165, 1.54) is 10.7 Å². The van der Waals surface area contributed by atoms with Gasteiger partial charge in [0.15, 0.2) is 11.6 Å². The van der Waals surface area contributed by atoms with Crippen LogP contribution in [-0.2, 0) is 12.8 Å². The van der Waals surface area contributed by atoms with E-state index < -0.39 is 11.6 Å². The van der Waals surface area contributed by atoms with Gasteiger partial charge in [-0.05, 0) is 31.0 Å². The Kier molecular flexibility index (Phi) is 3.32. The van der Waals surface area contributed by atoms with Crippen LogP contribution in [0.15, 0.2) is 18.2 Å². The normalized spacial score (nSPS) is 10.9. The van der Waals surface area contributed by atoms with Crippen LogP contribution in [-0.4, -0.2) is 9.78 Å². The fourth-order valence-electron chi connectivity index (χ4n) is 1.86. The maximum absolute atomic E-state index is 13.9. The van der Waals surface area contributed by atoms with Crippen LogP contribution in [0.25, 0.3) is 5.69 Å². The van der Waals surface area contributed by atoms with Crippen molar-refractivity contribution in [2.75, 3.05) is 5.73 Å². The highest BCUT2D eigenvalue weighted by Gasteiger charge is 2.17. The molecular formula is C13H15F2N3. The van der Waals surface area contributed by atoms with E-state index in [-0.39, 0.29) is 11.4 Å². The molecule has 2 aromatic rings. The average Bonchev–Trinajstić information content (AvgIpc) is 2.77. The molecule has 0 spiro atoms. The highest BCUT2D eigenvalue weighted by atomic mass is 19.2. The van der Waals surface area contributed by atoms with E-state index in [0.717, 1.165) is 23.9 Å². The van der Waals surface area contributed by atoms with Gasteiger partial charge in [0.05, 0.1) is 11.4 Å². The number of aromatic nitrogens is 2. The Hall–Kier alpha value is -1.91. The van der Waals surface area contributed by atoms with Crippen LogP contribution >= 0.6 is 0 Å². The number of rotatable bonds is 3. The summed E-state index contributed by atoms with van der Waals surface area (Å²) >= 11 is 0. The molecule has 1 aromatic heterocycles. The molecule has 2 N–H and O–H groups in total. The monoisotopic (exact) mass is 251 g/mol. The van der Waals surface area contributed by atoms with Crippen molar-refractivity contribution in [2.45, 2.75) is 26.7 Å². The number of anilines is 1. The molecule has 5 heteroatoms. The quantitative estimate of drug-likeness (QED) is 0.852. The van der Waals surface area contributed by atoms with Crippen LogP contribution in [0.3, 0.4) is 0 Å². The minimum atomic E-state index is -0.963. The largest absolute Gasteiger partial charge is 0.397 e. The predicted molar refractivity (Wildman–Crippen MR) is 66.6 cm³/mol. The highest BCUT2D eigenvalue weighted by Crippen LogP contribution is 2.25. The SMILES string of the molecule is CCc1cc(CC)n(-c2c(N)ccc(F)c2F)n1. The van der Waals surface area contributed by atoms with E-state index in [1.807, 2.05) is 19.9 Å². The molecule has 0 aliphatic carbocycles. The van der Waals surface area contributed by atoms with Crippen molar-refractivity contribution < 1.29 is 8.78 Å². The summed E-state index contributed by atoms with van der Waals surface area (Å²) in [7, 11) is 0. The molecule has 0 fully saturated rings. The van der Waals surface area contributed by atoms with Crippen LogP contribution in [0.1, 0.15) is 25.2 Å². The van der Waals surface area contributed by atoms with Gasteiger partial charge in [-0.3, -0.25) is 0 Å². The molecule has 18 heavy (non-hydrogen) atoms. The number of aryl methyl sites for hydroxylation is 2. The second-order valence-corrected chi connectivity index (χ2v) is 4.05. The molecule has 2 rings (SSSR count). The van der Waals surface area contributed by atoms with Gasteiger partial charge in [0, 0.05) is 5.69 Å². The van der Waals surface area contributed by atoms with Crippen LogP contribution in [0, 0.1) is 11.6 Å². The molecule has 0 saturated carbocycles. The van der Waals surface area contributed by atoms with Gasteiger partial charge in [-0.15, -0.1) is 0 Å². The van der Waals surface area contributed by atoms with Crippen LogP contribution in [0.2, 0.25) is 0 Å². The molecule has 0 radical (unpaired) electrons. The Balaban J connectivity index is 2.68. The number of halogens is 2. The number of hydrogen-bond acceptors (Lipinski definition) is 2. The van der Waals surface area contributed by atoms with Crippen LogP contribution < -0.4 is 5.73 Å². The summed E-state index contributed by atoms with van der Waals surface area (Å²) in [5.41, 5.74) is 7.53. The third-order valence-corrected chi connectivity index (χ3v) is 2.87. The summed E-state index contributed by atoms with van der Waals surface area (Å²) < 4.78 is 28.6. The first-order chi connectivity index (χ1) is 8.58. The molecule has 0 atom stereocenters. The van der Waals surface area contributed by atoms with Crippen molar-refractivity contribution in [3.8, 4) is 5.69 Å². The number of hydrogen-bond donors (Lipinski definition) is 1. The lowest BCUT2D eigenvalue weighted by molar-refractivity contribution is 0.501. The van der Waals surface area contributed by atoms with Crippen molar-refractivity contribution in [3.05, 3.63) is 41.2 Å². The van der Waals surface area contributed by atoms with Crippen molar-refractivity contribution >= 4 is 5.69 Å². The topological polar surface area (TPSA) is 43.8 Å². The van der Waals surface area contributed by atoms with E-state index in [4.69, 9.17) is 5.73 Å². The standard InChI is InChI=1S/C13H15F2N3/c1-3-8-7-9(4-2)18(17-8)13-11(16)6-5-10(14)12(13)15/h5-7H,3-4,16H2,1-2H3. The van der Waals surface area contributed by atoms with Gasteiger partial charge in [0.25, 0.3) is 0 Å². The summed E-state index contributed by atoms with van der Waals surface area (Å²) in [6.45, 7) is 3.89. The molecule has 3 nitrogen and oxygen atoms in total. The summed E-state index contributed by atoms with van der Waals surface area (Å²) in [5, 5.41) is 4.26. The highest BCUT2D eigenvalue weighted by molar-refractivity contribution is 5.58. The van der Waals surface area contributed by atoms with E-state index in [1.54, 1.807) is 0 Å². The van der Waals surface area contributed by atoms with Crippen LogP contribution in [0.5, 0.6) is 0 Å². The van der Waals surface area contributed by atoms with Gasteiger partial charge in [-0.1, -0.05) is 13.8 Å². The second kappa shape index (κ2) is 4.76. The van der Waals surface area contributed by atoms with Gasteiger partial charge in [-0.2, -0.15) is 5.10 Å². The third-order valence-electron chi connectivity index (χ3n) is 2.87. The first kappa shape index (κ1) is 12.5. The molecule has 0 saturated heterocycles. The summed E-state index contributed by atoms with van der Waals surface area (Å²) in [5.74, 6) is -1.88. The summed E-state index contributed by atoms with van der Waals surface area (Å²) in [4.78, 5) is 0. The Morgan fingerprint density at radius 3 is 2.56 bits per heavy atom. The molecule has 1 aromatic carbocycles. The number of nitrogens with two attached hydrogens (primary N) is 1. The van der Waals surface area contributed by atoms with Crippen molar-refractivity contribution in [1.82, 2.24) is 9.78 Å². The maximum Gasteiger partial charge on any atom is 0.186 e. The zero-order chi connectivity index (χ0) is 13.3. The third kappa shape index (κ3) is 1.96. The molecule has 96 valence electrons. The Bertz CT molecular complexity index is 576. The van der Waals surface area contributed by atoms with Crippen LogP contribution in [0.4, 0.5) is 14.5 Å². The van der Waals surface area contributed by atoms with Gasteiger partial charge >= 0.3 is 0 Å². The molecule has 0 amide bonds. The van der Waals surface area contributed by atoms with Gasteiger partial charge in [0.1, 0.15) is 5.69 Å². The maximum atomic E-state index is 13.9. The molecule has 0 aliphatic heterocycles. The molecular weight excluding hydrogens is 236 g/mol. The number of benzene rings is 1. The van der Waals surface area contributed by atoms with Crippen molar-refractivity contribution in [2.24, 2.45) is 0 Å². The average molecular weight is 251 g/mol. The molecule has 0 unspecified atom stereocenters. The fraction of sp³-hybridized carbons (Fsp3) is 0.308. The van der Waals surface area contributed by atoms with Crippen molar-refractivity contribution in [1.29, 1.82) is 0 Å². The summed E-state index contributed by atoms with van der Waals surface area (Å²) in [6, 6.07) is 4.24. The molecule has 1 heterocycles. The second-order valence-electron chi connectivity index (χ2n) is 4.05. The lowest BCUT2D eigenvalue weighted by Gasteiger charge is -2.10. The first-order valence-electron chi connectivity index (χ1n) is 5.90. The fourth-order valence-corrected chi connectivity index (χ4v) is 1.86. The van der Waals surface area contributed by atoms with E-state index in [0.29, 0.717) is 6.42 Å². The van der Waals surface area contributed by atoms with E-state index >= 15 is 0 Å². The minimum absolute atomic E-state index is 0.00782. The van der Waals surface area contributed by atoms with Gasteiger partial charge < -0.3 is 5.73 Å². The van der Waals surface area contributed by atoms with Gasteiger partial charge in [0.2, 0.25) is 0 Å². The number of nitrogens with zero attached hydrogens (tertiary/aromatic N) is 2. The van der Waals surface area contributed by atoms with E-state index in [9.17, 15) is 8.78 Å². The Labute approximate surface area is 104 Å². The van der Waals surface area contributed by atoms with Gasteiger partial charge in [-0.25, -0.2) is 13.5 Å². The minimum Gasteiger partial charge on any atom is -0.397 e. The lowest BCUT2D eigenvalue weighted by atomic mass is 10.2. The van der Waals surface area contributed by atoms with Crippen molar-refractivity contribution in [3.63, 3.8) is 0 Å². The lowest BCUT2D eigenvalue weighted by Crippen LogP contribution is -2.09. The summed E-state index contributed by atoms with van der Waals surface area (Å²) in [6.07, 6.45) is 1.40. The van der Waals surface area contributed by atoms with E-state index in [2.05, 4.69) is 5.10 Å². The smallest absolute Gasteiger partial charge is 0.186 e. The number of nitrogen functional groups attached to an aromatic ring is 1. The zero-order valence-corrected chi connectivity index (χ0v) is 10.4. The first-order valence-corrected chi connectivity index (χ1v) is 5.90. The molecule has 0 aliphatic rings. The zero-order valence-electron chi connectivity index (χ0n) is 10.4. The molecule has 0 bridgehead atoms. The Morgan fingerprint density at radius 2 is 1.94 bits per heavy atom. The Morgan fingerprint density at radius 1 is 1.22 bits per heavy atom. The predicted octanol–water partition coefficient (Wildman–Crippen LogP) is 2.86.